The Kier molecular flexibility index (Phi) is 6.19. The first kappa shape index (κ1) is 18.7. The van der Waals surface area contributed by atoms with E-state index in [-0.39, 0.29) is 28.8 Å². The van der Waals surface area contributed by atoms with Crippen molar-refractivity contribution in [2.45, 2.75) is 12.7 Å². The standard InChI is InChI=1S/C16H14F2INO4/c1-23-16(24-2)15-11(14(20(21)22)6-5-12(15)17)7-9-3-4-10(19)8-13(9)18/h3-6,8,16H,7H2,1-2H3. The maximum atomic E-state index is 14.3. The lowest BCUT2D eigenvalue weighted by molar-refractivity contribution is -0.385. The second-order valence-electron chi connectivity index (χ2n) is 4.93. The van der Waals surface area contributed by atoms with Gasteiger partial charge >= 0.3 is 0 Å². The third-order valence-electron chi connectivity index (χ3n) is 3.52. The molecule has 0 N–H and O–H groups in total. The summed E-state index contributed by atoms with van der Waals surface area (Å²) >= 11 is 1.96. The molecule has 5 nitrogen and oxygen atoms in total. The van der Waals surface area contributed by atoms with E-state index in [1.54, 1.807) is 6.07 Å². The fraction of sp³-hybridized carbons (Fsp3) is 0.250. The van der Waals surface area contributed by atoms with Crippen molar-refractivity contribution in [2.24, 2.45) is 0 Å². The second kappa shape index (κ2) is 7.95. The van der Waals surface area contributed by atoms with E-state index in [1.165, 1.54) is 26.4 Å². The van der Waals surface area contributed by atoms with Crippen LogP contribution in [0.4, 0.5) is 14.5 Å². The van der Waals surface area contributed by atoms with Crippen molar-refractivity contribution in [1.82, 2.24) is 0 Å². The number of ether oxygens (including phenoxy) is 2. The van der Waals surface area contributed by atoms with Crippen molar-refractivity contribution in [1.29, 1.82) is 0 Å². The number of rotatable bonds is 6. The normalized spacial score (nSPS) is 11.1. The summed E-state index contributed by atoms with van der Waals surface area (Å²) in [6.45, 7) is 0. The van der Waals surface area contributed by atoms with Crippen molar-refractivity contribution in [2.75, 3.05) is 14.2 Å². The molecule has 0 radical (unpaired) electrons. The molecular weight excluding hydrogens is 435 g/mol. The van der Waals surface area contributed by atoms with Crippen molar-refractivity contribution < 1.29 is 23.2 Å². The first-order valence-electron chi connectivity index (χ1n) is 6.84. The summed E-state index contributed by atoms with van der Waals surface area (Å²) in [6.07, 6.45) is -1.29. The Morgan fingerprint density at radius 2 is 1.83 bits per heavy atom. The molecule has 8 heteroatoms. The summed E-state index contributed by atoms with van der Waals surface area (Å²) in [5.74, 6) is -1.23. The molecule has 0 amide bonds. The predicted molar refractivity (Wildman–Crippen MR) is 91.7 cm³/mol. The Balaban J connectivity index is 2.64. The lowest BCUT2D eigenvalue weighted by Crippen LogP contribution is -2.12. The zero-order valence-electron chi connectivity index (χ0n) is 12.9. The second-order valence-corrected chi connectivity index (χ2v) is 6.18. The first-order chi connectivity index (χ1) is 11.4. The topological polar surface area (TPSA) is 61.6 Å². The van der Waals surface area contributed by atoms with Crippen LogP contribution < -0.4 is 0 Å². The molecule has 0 aliphatic heterocycles. The minimum Gasteiger partial charge on any atom is -0.352 e. The van der Waals surface area contributed by atoms with E-state index in [4.69, 9.17) is 9.47 Å². The average Bonchev–Trinajstić information content (AvgIpc) is 2.53. The highest BCUT2D eigenvalue weighted by molar-refractivity contribution is 14.1. The van der Waals surface area contributed by atoms with Crippen LogP contribution in [0, 0.1) is 25.3 Å². The average molecular weight is 449 g/mol. The Hall–Kier alpha value is -1.65. The third-order valence-corrected chi connectivity index (χ3v) is 4.19. The minimum atomic E-state index is -1.13. The maximum Gasteiger partial charge on any atom is 0.273 e. The third kappa shape index (κ3) is 3.87. The molecule has 0 saturated heterocycles. The highest BCUT2D eigenvalue weighted by Gasteiger charge is 2.27. The van der Waals surface area contributed by atoms with Crippen LogP contribution in [0.25, 0.3) is 0 Å². The minimum absolute atomic E-state index is 0.0220. The summed E-state index contributed by atoms with van der Waals surface area (Å²) in [6, 6.07) is 6.54. The largest absolute Gasteiger partial charge is 0.352 e. The Labute approximate surface area is 150 Å². The van der Waals surface area contributed by atoms with Gasteiger partial charge in [-0.05, 0) is 46.4 Å². The van der Waals surface area contributed by atoms with E-state index in [0.717, 1.165) is 12.1 Å². The molecule has 0 aliphatic carbocycles. The van der Waals surface area contributed by atoms with Crippen molar-refractivity contribution in [3.63, 3.8) is 0 Å². The van der Waals surface area contributed by atoms with Crippen LogP contribution in [0.1, 0.15) is 23.0 Å². The van der Waals surface area contributed by atoms with E-state index in [9.17, 15) is 18.9 Å². The van der Waals surface area contributed by atoms with E-state index >= 15 is 0 Å². The maximum absolute atomic E-state index is 14.3. The molecule has 0 atom stereocenters. The van der Waals surface area contributed by atoms with Gasteiger partial charge in [-0.3, -0.25) is 10.1 Å². The lowest BCUT2D eigenvalue weighted by atomic mass is 9.96. The molecule has 0 fully saturated rings. The van der Waals surface area contributed by atoms with Crippen LogP contribution in [0.2, 0.25) is 0 Å². The Bertz CT molecular complexity index is 766. The highest BCUT2D eigenvalue weighted by atomic mass is 127. The Morgan fingerprint density at radius 1 is 1.17 bits per heavy atom. The van der Waals surface area contributed by atoms with Crippen molar-refractivity contribution >= 4 is 28.3 Å². The fourth-order valence-electron chi connectivity index (χ4n) is 2.42. The number of nitrogens with zero attached hydrogens (tertiary/aromatic N) is 1. The van der Waals surface area contributed by atoms with Crippen LogP contribution in [-0.2, 0) is 15.9 Å². The summed E-state index contributed by atoms with van der Waals surface area (Å²) < 4.78 is 39.2. The van der Waals surface area contributed by atoms with Crippen LogP contribution in [-0.4, -0.2) is 19.1 Å². The number of hydrogen-bond acceptors (Lipinski definition) is 4. The molecule has 0 saturated carbocycles. The van der Waals surface area contributed by atoms with Crippen LogP contribution >= 0.6 is 22.6 Å². The van der Waals surface area contributed by atoms with E-state index in [1.807, 2.05) is 22.6 Å². The molecule has 24 heavy (non-hydrogen) atoms. The van der Waals surface area contributed by atoms with Gasteiger partial charge in [0.15, 0.2) is 6.29 Å². The molecule has 2 rings (SSSR count). The number of methoxy groups -OCH3 is 2. The van der Waals surface area contributed by atoms with Crippen molar-refractivity contribution in [3.05, 3.63) is 72.3 Å². The molecular formula is C16H14F2INO4. The van der Waals surface area contributed by atoms with Gasteiger partial charge in [0.05, 0.1) is 10.5 Å². The summed E-state index contributed by atoms with van der Waals surface area (Å²) in [4.78, 5) is 10.7. The molecule has 2 aromatic rings. The summed E-state index contributed by atoms with van der Waals surface area (Å²) in [7, 11) is 2.59. The number of benzene rings is 2. The van der Waals surface area contributed by atoms with Gasteiger partial charge in [0.1, 0.15) is 11.6 Å². The van der Waals surface area contributed by atoms with Crippen LogP contribution in [0.5, 0.6) is 0 Å². The number of nitro benzene ring substituents is 1. The fourth-order valence-corrected chi connectivity index (χ4v) is 2.88. The van der Waals surface area contributed by atoms with E-state index < -0.39 is 22.8 Å². The van der Waals surface area contributed by atoms with Gasteiger partial charge < -0.3 is 9.47 Å². The quantitative estimate of drug-likeness (QED) is 0.285. The zero-order chi connectivity index (χ0) is 17.9. The van der Waals surface area contributed by atoms with Gasteiger partial charge in [-0.25, -0.2) is 8.78 Å². The number of hydrogen-bond donors (Lipinski definition) is 0. The Morgan fingerprint density at radius 3 is 2.38 bits per heavy atom. The van der Waals surface area contributed by atoms with Crippen LogP contribution in [0.15, 0.2) is 30.3 Å². The monoisotopic (exact) mass is 449 g/mol. The zero-order valence-corrected chi connectivity index (χ0v) is 15.0. The van der Waals surface area contributed by atoms with E-state index in [2.05, 4.69) is 0 Å². The number of halogens is 3. The SMILES string of the molecule is COC(OC)c1c(F)ccc([N+](=O)[O-])c1Cc1ccc(I)cc1F. The number of nitro groups is 1. The molecule has 0 aliphatic rings. The van der Waals surface area contributed by atoms with E-state index in [0.29, 0.717) is 3.57 Å². The smallest absolute Gasteiger partial charge is 0.273 e. The summed E-state index contributed by atoms with van der Waals surface area (Å²) in [5.41, 5.74) is -0.180. The van der Waals surface area contributed by atoms with Gasteiger partial charge in [0, 0.05) is 35.8 Å². The van der Waals surface area contributed by atoms with Gasteiger partial charge in [-0.15, -0.1) is 0 Å². The highest BCUT2D eigenvalue weighted by Crippen LogP contribution is 2.33. The molecule has 0 heterocycles. The summed E-state index contributed by atoms with van der Waals surface area (Å²) in [5, 5.41) is 11.3. The van der Waals surface area contributed by atoms with Crippen molar-refractivity contribution in [3.8, 4) is 0 Å². The predicted octanol–water partition coefficient (Wildman–Crippen LogP) is 4.36. The van der Waals surface area contributed by atoms with Gasteiger partial charge in [0.25, 0.3) is 5.69 Å². The molecule has 128 valence electrons. The molecule has 0 bridgehead atoms. The van der Waals surface area contributed by atoms with Crippen LogP contribution in [0.3, 0.4) is 0 Å². The molecule has 2 aromatic carbocycles. The molecule has 0 spiro atoms. The lowest BCUT2D eigenvalue weighted by Gasteiger charge is -2.19. The van der Waals surface area contributed by atoms with Gasteiger partial charge in [0.2, 0.25) is 0 Å². The molecule has 0 aromatic heterocycles. The molecule has 0 unspecified atom stereocenters. The van der Waals surface area contributed by atoms with Gasteiger partial charge in [-0.1, -0.05) is 6.07 Å². The first-order valence-corrected chi connectivity index (χ1v) is 7.92. The van der Waals surface area contributed by atoms with Gasteiger partial charge in [-0.2, -0.15) is 0 Å².